The van der Waals surface area contributed by atoms with Crippen LogP contribution in [0.1, 0.15) is 34.6 Å². The van der Waals surface area contributed by atoms with Crippen LogP contribution in [0, 0.1) is 0 Å². The van der Waals surface area contributed by atoms with Crippen LogP contribution in [0.15, 0.2) is 0 Å². The third-order valence-corrected chi connectivity index (χ3v) is 1.77. The second-order valence-corrected chi connectivity index (χ2v) is 4.87. The number of hydrogen-bond acceptors (Lipinski definition) is 3. The highest BCUT2D eigenvalue weighted by molar-refractivity contribution is 4.71. The summed E-state index contributed by atoms with van der Waals surface area (Å²) in [6.45, 7) is 11.2. The first-order chi connectivity index (χ1) is 5.79. The molecule has 3 nitrogen and oxygen atoms in total. The minimum Gasteiger partial charge on any atom is -0.373 e. The predicted octanol–water partition coefficient (Wildman–Crippen LogP) is 1.95. The third-order valence-electron chi connectivity index (χ3n) is 1.77. The average Bonchev–Trinajstić information content (AvgIpc) is 2.24. The molecule has 1 aliphatic rings. The summed E-state index contributed by atoms with van der Waals surface area (Å²) in [5.41, 5.74) is -0.101. The summed E-state index contributed by atoms with van der Waals surface area (Å²) in [6.07, 6.45) is 0.0780. The molecule has 0 aliphatic carbocycles. The Balaban J connectivity index is 2.25. The van der Waals surface area contributed by atoms with Crippen LogP contribution in [-0.4, -0.2) is 30.7 Å². The molecule has 1 atom stereocenters. The largest absolute Gasteiger partial charge is 0.373 e. The number of rotatable bonds is 2. The van der Waals surface area contributed by atoms with Crippen LogP contribution in [0.5, 0.6) is 0 Å². The Morgan fingerprint density at radius 1 is 1.38 bits per heavy atom. The molecule has 1 aliphatic heterocycles. The summed E-state index contributed by atoms with van der Waals surface area (Å²) in [6, 6.07) is 0. The van der Waals surface area contributed by atoms with Crippen molar-refractivity contribution in [3.05, 3.63) is 0 Å². The molecular formula is C10H20O3. The topological polar surface area (TPSA) is 27.7 Å². The lowest BCUT2D eigenvalue weighted by molar-refractivity contribution is -0.151. The molecule has 0 amide bonds. The first-order valence-electron chi connectivity index (χ1n) is 4.74. The van der Waals surface area contributed by atoms with Crippen LogP contribution in [0.25, 0.3) is 0 Å². The molecule has 0 N–H and O–H groups in total. The quantitative estimate of drug-likeness (QED) is 0.663. The van der Waals surface area contributed by atoms with Gasteiger partial charge in [0.15, 0.2) is 5.79 Å². The van der Waals surface area contributed by atoms with Gasteiger partial charge < -0.3 is 14.2 Å². The maximum Gasteiger partial charge on any atom is 0.163 e. The molecule has 0 spiro atoms. The van der Waals surface area contributed by atoms with Crippen molar-refractivity contribution < 1.29 is 14.2 Å². The highest BCUT2D eigenvalue weighted by Crippen LogP contribution is 2.23. The van der Waals surface area contributed by atoms with Crippen LogP contribution in [0.2, 0.25) is 0 Å². The van der Waals surface area contributed by atoms with E-state index in [4.69, 9.17) is 14.2 Å². The smallest absolute Gasteiger partial charge is 0.163 e. The molecule has 0 aromatic carbocycles. The molecule has 1 unspecified atom stereocenters. The van der Waals surface area contributed by atoms with Gasteiger partial charge in [0.25, 0.3) is 0 Å². The molecule has 0 radical (unpaired) electrons. The second kappa shape index (κ2) is 3.56. The van der Waals surface area contributed by atoms with Gasteiger partial charge >= 0.3 is 0 Å². The molecule has 0 bridgehead atoms. The Kier molecular flexibility index (Phi) is 3.00. The van der Waals surface area contributed by atoms with Crippen LogP contribution < -0.4 is 0 Å². The molecule has 3 heteroatoms. The standard InChI is InChI=1S/C10H20O3/c1-9(2,3)11-6-8-7-12-10(4,5)13-8/h8H,6-7H2,1-5H3. The Hall–Kier alpha value is -0.120. The molecule has 1 fully saturated rings. The van der Waals surface area contributed by atoms with Crippen molar-refractivity contribution in [1.82, 2.24) is 0 Å². The highest BCUT2D eigenvalue weighted by atomic mass is 16.7. The van der Waals surface area contributed by atoms with Crippen molar-refractivity contribution in [3.63, 3.8) is 0 Å². The van der Waals surface area contributed by atoms with E-state index < -0.39 is 5.79 Å². The predicted molar refractivity (Wildman–Crippen MR) is 50.6 cm³/mol. The molecule has 13 heavy (non-hydrogen) atoms. The van der Waals surface area contributed by atoms with E-state index in [0.29, 0.717) is 13.2 Å². The minimum atomic E-state index is -0.439. The summed E-state index contributed by atoms with van der Waals surface area (Å²) in [5.74, 6) is -0.439. The summed E-state index contributed by atoms with van der Waals surface area (Å²) in [4.78, 5) is 0. The number of hydrogen-bond donors (Lipinski definition) is 0. The molecule has 0 aromatic heterocycles. The average molecular weight is 188 g/mol. The van der Waals surface area contributed by atoms with E-state index in [2.05, 4.69) is 0 Å². The van der Waals surface area contributed by atoms with Crippen LogP contribution in [0.4, 0.5) is 0 Å². The maximum atomic E-state index is 5.60. The Morgan fingerprint density at radius 2 is 2.00 bits per heavy atom. The van der Waals surface area contributed by atoms with Gasteiger partial charge in [-0.05, 0) is 34.6 Å². The Labute approximate surface area is 80.4 Å². The van der Waals surface area contributed by atoms with Gasteiger partial charge in [0, 0.05) is 0 Å². The van der Waals surface area contributed by atoms with E-state index in [1.54, 1.807) is 0 Å². The van der Waals surface area contributed by atoms with Gasteiger partial charge in [-0.1, -0.05) is 0 Å². The monoisotopic (exact) mass is 188 g/mol. The Morgan fingerprint density at radius 3 is 2.38 bits per heavy atom. The van der Waals surface area contributed by atoms with E-state index in [9.17, 15) is 0 Å². The van der Waals surface area contributed by atoms with Crippen molar-refractivity contribution >= 4 is 0 Å². The van der Waals surface area contributed by atoms with E-state index in [-0.39, 0.29) is 11.7 Å². The van der Waals surface area contributed by atoms with Gasteiger partial charge in [0.1, 0.15) is 6.10 Å². The Bertz CT molecular complexity index is 169. The zero-order valence-corrected chi connectivity index (χ0v) is 9.22. The number of ether oxygens (including phenoxy) is 3. The van der Waals surface area contributed by atoms with Crippen LogP contribution in [-0.2, 0) is 14.2 Å². The zero-order valence-electron chi connectivity index (χ0n) is 9.22. The van der Waals surface area contributed by atoms with Gasteiger partial charge in [-0.2, -0.15) is 0 Å². The molecular weight excluding hydrogens is 168 g/mol. The third kappa shape index (κ3) is 4.07. The molecule has 0 aromatic rings. The van der Waals surface area contributed by atoms with Gasteiger partial charge in [-0.3, -0.25) is 0 Å². The highest BCUT2D eigenvalue weighted by Gasteiger charge is 2.33. The van der Waals surface area contributed by atoms with Crippen molar-refractivity contribution in [2.75, 3.05) is 13.2 Å². The fraction of sp³-hybridized carbons (Fsp3) is 1.00. The molecule has 78 valence electrons. The SMILES string of the molecule is CC(C)(C)OCC1COC(C)(C)O1. The van der Waals surface area contributed by atoms with E-state index in [0.717, 1.165) is 0 Å². The fourth-order valence-electron chi connectivity index (χ4n) is 1.19. The summed E-state index contributed by atoms with van der Waals surface area (Å²) < 4.78 is 16.6. The van der Waals surface area contributed by atoms with Crippen LogP contribution in [0.3, 0.4) is 0 Å². The maximum absolute atomic E-state index is 5.60. The summed E-state index contributed by atoms with van der Waals surface area (Å²) in [7, 11) is 0. The lowest BCUT2D eigenvalue weighted by Gasteiger charge is -2.22. The summed E-state index contributed by atoms with van der Waals surface area (Å²) in [5, 5.41) is 0. The van der Waals surface area contributed by atoms with E-state index in [1.165, 1.54) is 0 Å². The van der Waals surface area contributed by atoms with Crippen molar-refractivity contribution in [1.29, 1.82) is 0 Å². The van der Waals surface area contributed by atoms with Crippen molar-refractivity contribution in [2.24, 2.45) is 0 Å². The zero-order chi connectivity index (χ0) is 10.1. The molecule has 0 saturated carbocycles. The van der Waals surface area contributed by atoms with Gasteiger partial charge in [-0.15, -0.1) is 0 Å². The lowest BCUT2D eigenvalue weighted by atomic mass is 10.2. The van der Waals surface area contributed by atoms with Crippen molar-refractivity contribution in [3.8, 4) is 0 Å². The second-order valence-electron chi connectivity index (χ2n) is 4.87. The molecule has 1 rings (SSSR count). The molecule has 1 heterocycles. The van der Waals surface area contributed by atoms with Crippen molar-refractivity contribution in [2.45, 2.75) is 52.1 Å². The summed E-state index contributed by atoms with van der Waals surface area (Å²) >= 11 is 0. The van der Waals surface area contributed by atoms with E-state index in [1.807, 2.05) is 34.6 Å². The lowest BCUT2D eigenvalue weighted by Crippen LogP contribution is -2.29. The van der Waals surface area contributed by atoms with Gasteiger partial charge in [0.05, 0.1) is 18.8 Å². The van der Waals surface area contributed by atoms with Gasteiger partial charge in [-0.25, -0.2) is 0 Å². The first-order valence-corrected chi connectivity index (χ1v) is 4.74. The fourth-order valence-corrected chi connectivity index (χ4v) is 1.19. The van der Waals surface area contributed by atoms with Gasteiger partial charge in [0.2, 0.25) is 0 Å². The first kappa shape index (κ1) is 11.0. The van der Waals surface area contributed by atoms with Crippen LogP contribution >= 0.6 is 0 Å². The normalized spacial score (nSPS) is 27.9. The van der Waals surface area contributed by atoms with E-state index >= 15 is 0 Å². The minimum absolute atomic E-state index is 0.0780. The molecule has 1 saturated heterocycles.